The van der Waals surface area contributed by atoms with Crippen molar-refractivity contribution in [3.05, 3.63) is 18.7 Å². The maximum atomic E-state index is 12.0. The van der Waals surface area contributed by atoms with E-state index in [-0.39, 0.29) is 18.2 Å². The van der Waals surface area contributed by atoms with Gasteiger partial charge in [-0.05, 0) is 12.8 Å². The van der Waals surface area contributed by atoms with Crippen LogP contribution in [0.15, 0.2) is 18.7 Å². The standard InChI is InChI=1S/C16H29N5O2/c1-13(2)9-20-6-7-23-15(11-20)8-18-16(22)19-14(3)10-21-5-4-17-12-21/h4-5,12-15H,6-11H2,1-3H3,(H2,18,19,22). The molecule has 2 unspecified atom stereocenters. The number of urea groups is 1. The lowest BCUT2D eigenvalue weighted by Gasteiger charge is -2.34. The second kappa shape index (κ2) is 8.88. The smallest absolute Gasteiger partial charge is 0.315 e. The number of carbonyl (C=O) groups excluding carboxylic acids is 1. The zero-order valence-electron chi connectivity index (χ0n) is 14.4. The first-order chi connectivity index (χ1) is 11.0. The summed E-state index contributed by atoms with van der Waals surface area (Å²) < 4.78 is 7.68. The lowest BCUT2D eigenvalue weighted by atomic mass is 10.2. The normalized spacial score (nSPS) is 20.4. The Bertz CT molecular complexity index is 463. The number of aromatic nitrogens is 2. The fourth-order valence-corrected chi connectivity index (χ4v) is 2.82. The van der Waals surface area contributed by atoms with Gasteiger partial charge in [0.1, 0.15) is 0 Å². The van der Waals surface area contributed by atoms with Gasteiger partial charge < -0.3 is 19.9 Å². The molecule has 1 aromatic heterocycles. The molecule has 7 nitrogen and oxygen atoms in total. The highest BCUT2D eigenvalue weighted by Crippen LogP contribution is 2.07. The maximum absolute atomic E-state index is 12.0. The van der Waals surface area contributed by atoms with E-state index in [1.165, 1.54) is 0 Å². The molecule has 0 bridgehead atoms. The average molecular weight is 323 g/mol. The molecule has 130 valence electrons. The van der Waals surface area contributed by atoms with Crippen molar-refractivity contribution in [2.75, 3.05) is 32.8 Å². The van der Waals surface area contributed by atoms with Crippen LogP contribution in [0.1, 0.15) is 20.8 Å². The number of rotatable bonds is 7. The molecule has 23 heavy (non-hydrogen) atoms. The van der Waals surface area contributed by atoms with E-state index in [0.29, 0.717) is 19.0 Å². The Balaban J connectivity index is 1.65. The average Bonchev–Trinajstić information content (AvgIpc) is 2.97. The summed E-state index contributed by atoms with van der Waals surface area (Å²) in [5, 5.41) is 5.84. The summed E-state index contributed by atoms with van der Waals surface area (Å²) in [6, 6.07) is -0.115. The molecule has 1 aliphatic heterocycles. The lowest BCUT2D eigenvalue weighted by molar-refractivity contribution is -0.0290. The highest BCUT2D eigenvalue weighted by molar-refractivity contribution is 5.74. The van der Waals surface area contributed by atoms with Crippen molar-refractivity contribution in [1.29, 1.82) is 0 Å². The van der Waals surface area contributed by atoms with Crippen molar-refractivity contribution in [1.82, 2.24) is 25.1 Å². The zero-order valence-corrected chi connectivity index (χ0v) is 14.4. The second-order valence-electron chi connectivity index (χ2n) is 6.66. The summed E-state index contributed by atoms with van der Waals surface area (Å²) in [6.07, 6.45) is 5.43. The van der Waals surface area contributed by atoms with E-state index < -0.39 is 0 Å². The topological polar surface area (TPSA) is 71.4 Å². The van der Waals surface area contributed by atoms with Gasteiger partial charge in [0.25, 0.3) is 0 Å². The molecule has 0 radical (unpaired) electrons. The van der Waals surface area contributed by atoms with Gasteiger partial charge >= 0.3 is 6.03 Å². The third-order valence-electron chi connectivity index (χ3n) is 3.76. The Morgan fingerprint density at radius 2 is 2.22 bits per heavy atom. The Morgan fingerprint density at radius 3 is 2.91 bits per heavy atom. The number of hydrogen-bond donors (Lipinski definition) is 2. The number of imidazole rings is 1. The van der Waals surface area contributed by atoms with Crippen molar-refractivity contribution in [3.8, 4) is 0 Å². The van der Waals surface area contributed by atoms with Crippen LogP contribution in [0.4, 0.5) is 4.79 Å². The van der Waals surface area contributed by atoms with Crippen LogP contribution >= 0.6 is 0 Å². The van der Waals surface area contributed by atoms with Crippen LogP contribution in [0.25, 0.3) is 0 Å². The Hall–Kier alpha value is -1.60. The highest BCUT2D eigenvalue weighted by atomic mass is 16.5. The van der Waals surface area contributed by atoms with Gasteiger partial charge in [-0.25, -0.2) is 9.78 Å². The summed E-state index contributed by atoms with van der Waals surface area (Å²) in [4.78, 5) is 18.4. The van der Waals surface area contributed by atoms with Crippen molar-refractivity contribution >= 4 is 6.03 Å². The Morgan fingerprint density at radius 1 is 1.39 bits per heavy atom. The largest absolute Gasteiger partial charge is 0.374 e. The molecule has 0 spiro atoms. The number of carbonyl (C=O) groups is 1. The molecular formula is C16H29N5O2. The molecule has 1 aromatic rings. The third-order valence-corrected chi connectivity index (χ3v) is 3.76. The SMILES string of the molecule is CC(C)CN1CCOC(CNC(=O)NC(C)Cn2ccnc2)C1. The molecule has 0 saturated carbocycles. The second-order valence-corrected chi connectivity index (χ2v) is 6.66. The van der Waals surface area contributed by atoms with Gasteiger partial charge in [0.05, 0.1) is 19.0 Å². The van der Waals surface area contributed by atoms with Gasteiger partial charge in [-0.15, -0.1) is 0 Å². The molecule has 2 amide bonds. The van der Waals surface area contributed by atoms with Gasteiger partial charge in [0, 0.05) is 51.2 Å². The summed E-state index contributed by atoms with van der Waals surface area (Å²) in [5.74, 6) is 0.647. The number of ether oxygens (including phenoxy) is 1. The van der Waals surface area contributed by atoms with Gasteiger partial charge in [-0.3, -0.25) is 4.90 Å². The molecule has 1 saturated heterocycles. The van der Waals surface area contributed by atoms with E-state index in [2.05, 4.69) is 34.4 Å². The first-order valence-electron chi connectivity index (χ1n) is 8.37. The number of nitrogens with zero attached hydrogens (tertiary/aromatic N) is 3. The van der Waals surface area contributed by atoms with E-state index in [1.807, 2.05) is 17.7 Å². The molecule has 7 heteroatoms. The molecule has 2 rings (SSSR count). The molecular weight excluding hydrogens is 294 g/mol. The van der Waals surface area contributed by atoms with E-state index in [4.69, 9.17) is 4.74 Å². The first kappa shape index (κ1) is 17.7. The number of morpholine rings is 1. The zero-order chi connectivity index (χ0) is 16.7. The molecule has 1 fully saturated rings. The molecule has 0 aromatic carbocycles. The first-order valence-corrected chi connectivity index (χ1v) is 8.37. The van der Waals surface area contributed by atoms with Crippen LogP contribution in [0.5, 0.6) is 0 Å². The van der Waals surface area contributed by atoms with Gasteiger partial charge in [-0.2, -0.15) is 0 Å². The third kappa shape index (κ3) is 6.58. The van der Waals surface area contributed by atoms with E-state index in [9.17, 15) is 4.79 Å². The van der Waals surface area contributed by atoms with E-state index in [0.717, 1.165) is 26.2 Å². The summed E-state index contributed by atoms with van der Waals surface area (Å²) in [6.45, 7) is 11.3. The van der Waals surface area contributed by atoms with Crippen LogP contribution in [-0.2, 0) is 11.3 Å². The van der Waals surface area contributed by atoms with Gasteiger partial charge in [-0.1, -0.05) is 13.8 Å². The summed E-state index contributed by atoms with van der Waals surface area (Å²) in [7, 11) is 0. The predicted octanol–water partition coefficient (Wildman–Crippen LogP) is 0.928. The Labute approximate surface area is 138 Å². The fraction of sp³-hybridized carbons (Fsp3) is 0.750. The number of nitrogens with one attached hydrogen (secondary N) is 2. The predicted molar refractivity (Wildman–Crippen MR) is 89.2 cm³/mol. The minimum atomic E-state index is -0.151. The van der Waals surface area contributed by atoms with E-state index >= 15 is 0 Å². The maximum Gasteiger partial charge on any atom is 0.315 e. The van der Waals surface area contributed by atoms with E-state index in [1.54, 1.807) is 12.5 Å². The molecule has 2 atom stereocenters. The quantitative estimate of drug-likeness (QED) is 0.783. The molecule has 0 aliphatic carbocycles. The summed E-state index contributed by atoms with van der Waals surface area (Å²) in [5.41, 5.74) is 0. The van der Waals surface area contributed by atoms with Gasteiger partial charge in [0.2, 0.25) is 0 Å². The monoisotopic (exact) mass is 323 g/mol. The molecule has 1 aliphatic rings. The number of amides is 2. The van der Waals surface area contributed by atoms with Crippen molar-refractivity contribution in [3.63, 3.8) is 0 Å². The minimum absolute atomic E-state index is 0.0360. The lowest BCUT2D eigenvalue weighted by Crippen LogP contribution is -2.50. The molecule has 2 N–H and O–H groups in total. The van der Waals surface area contributed by atoms with Gasteiger partial charge in [0.15, 0.2) is 0 Å². The summed E-state index contributed by atoms with van der Waals surface area (Å²) >= 11 is 0. The Kier molecular flexibility index (Phi) is 6.85. The van der Waals surface area contributed by atoms with Crippen molar-refractivity contribution < 1.29 is 9.53 Å². The van der Waals surface area contributed by atoms with Crippen LogP contribution in [0, 0.1) is 5.92 Å². The van der Waals surface area contributed by atoms with Crippen LogP contribution in [0.3, 0.4) is 0 Å². The minimum Gasteiger partial charge on any atom is -0.374 e. The fourth-order valence-electron chi connectivity index (χ4n) is 2.82. The van der Waals surface area contributed by atoms with Crippen LogP contribution < -0.4 is 10.6 Å². The van der Waals surface area contributed by atoms with Crippen molar-refractivity contribution in [2.24, 2.45) is 5.92 Å². The van der Waals surface area contributed by atoms with Crippen LogP contribution in [0.2, 0.25) is 0 Å². The highest BCUT2D eigenvalue weighted by Gasteiger charge is 2.21. The molecule has 2 heterocycles. The van der Waals surface area contributed by atoms with Crippen LogP contribution in [-0.4, -0.2) is 65.4 Å². The number of hydrogen-bond acceptors (Lipinski definition) is 4. The van der Waals surface area contributed by atoms with Crippen molar-refractivity contribution in [2.45, 2.75) is 39.5 Å².